The van der Waals surface area contributed by atoms with Gasteiger partial charge in [0.15, 0.2) is 0 Å². The van der Waals surface area contributed by atoms with E-state index in [1.807, 2.05) is 0 Å². The maximum Gasteiger partial charge on any atom is 0.246 e. The number of hydrogen-bond acceptors (Lipinski definition) is 3. The number of hydrogen-bond donors (Lipinski definition) is 1. The molecule has 0 radical (unpaired) electrons. The molecule has 25 heavy (non-hydrogen) atoms. The SMILES string of the molecule is C=CC(=O)N(C)CC(=O)N[C@@H]1CC2(CCCC2)Oc2ccc(F)cc21. The first kappa shape index (κ1) is 17.5. The van der Waals surface area contributed by atoms with Crippen molar-refractivity contribution in [2.24, 2.45) is 0 Å². The fourth-order valence-corrected chi connectivity index (χ4v) is 3.78. The molecule has 5 nitrogen and oxygen atoms in total. The van der Waals surface area contributed by atoms with E-state index in [0.717, 1.165) is 25.7 Å². The number of benzene rings is 1. The molecule has 6 heteroatoms. The first-order chi connectivity index (χ1) is 11.9. The summed E-state index contributed by atoms with van der Waals surface area (Å²) in [5.41, 5.74) is 0.370. The molecule has 134 valence electrons. The number of rotatable bonds is 4. The highest BCUT2D eigenvalue weighted by molar-refractivity contribution is 5.90. The van der Waals surface area contributed by atoms with Crippen LogP contribution in [0.3, 0.4) is 0 Å². The van der Waals surface area contributed by atoms with E-state index in [0.29, 0.717) is 17.7 Å². The molecule has 0 saturated heterocycles. The molecular weight excluding hydrogens is 323 g/mol. The van der Waals surface area contributed by atoms with Gasteiger partial charge in [-0.1, -0.05) is 6.58 Å². The van der Waals surface area contributed by atoms with Crippen LogP contribution in [0.1, 0.15) is 43.7 Å². The molecule has 0 unspecified atom stereocenters. The lowest BCUT2D eigenvalue weighted by Crippen LogP contribution is -2.45. The Morgan fingerprint density at radius 1 is 1.44 bits per heavy atom. The average Bonchev–Trinajstić information content (AvgIpc) is 3.02. The third-order valence-corrected chi connectivity index (χ3v) is 5.03. The van der Waals surface area contributed by atoms with Gasteiger partial charge in [-0.15, -0.1) is 0 Å². The lowest BCUT2D eigenvalue weighted by molar-refractivity contribution is -0.131. The number of nitrogens with zero attached hydrogens (tertiary/aromatic N) is 1. The van der Waals surface area contributed by atoms with Gasteiger partial charge < -0.3 is 15.0 Å². The summed E-state index contributed by atoms with van der Waals surface area (Å²) in [5.74, 6) is -0.327. The van der Waals surface area contributed by atoms with Gasteiger partial charge in [-0.3, -0.25) is 9.59 Å². The largest absolute Gasteiger partial charge is 0.487 e. The molecule has 1 spiro atoms. The molecule has 1 aliphatic carbocycles. The van der Waals surface area contributed by atoms with Crippen molar-refractivity contribution in [2.45, 2.75) is 43.7 Å². The van der Waals surface area contributed by atoms with Gasteiger partial charge >= 0.3 is 0 Å². The summed E-state index contributed by atoms with van der Waals surface area (Å²) in [5, 5.41) is 2.95. The highest BCUT2D eigenvalue weighted by Crippen LogP contribution is 2.47. The second-order valence-electron chi connectivity index (χ2n) is 6.90. The van der Waals surface area contributed by atoms with E-state index in [1.54, 1.807) is 13.1 Å². The zero-order chi connectivity index (χ0) is 18.0. The van der Waals surface area contributed by atoms with Crippen molar-refractivity contribution in [1.29, 1.82) is 0 Å². The number of likely N-dealkylation sites (N-methyl/N-ethyl adjacent to an activating group) is 1. The lowest BCUT2D eigenvalue weighted by Gasteiger charge is -2.40. The molecule has 1 atom stereocenters. The second kappa shape index (κ2) is 6.86. The Labute approximate surface area is 146 Å². The number of nitrogens with one attached hydrogen (secondary N) is 1. The average molecular weight is 346 g/mol. The first-order valence-corrected chi connectivity index (χ1v) is 8.58. The van der Waals surface area contributed by atoms with Crippen LogP contribution < -0.4 is 10.1 Å². The van der Waals surface area contributed by atoms with Gasteiger partial charge in [0.05, 0.1) is 12.6 Å². The van der Waals surface area contributed by atoms with Crippen molar-refractivity contribution in [3.63, 3.8) is 0 Å². The van der Waals surface area contributed by atoms with E-state index in [9.17, 15) is 14.0 Å². The van der Waals surface area contributed by atoms with Gasteiger partial charge in [-0.05, 0) is 50.0 Å². The van der Waals surface area contributed by atoms with E-state index >= 15 is 0 Å². The number of carbonyl (C=O) groups excluding carboxylic acids is 2. The lowest BCUT2D eigenvalue weighted by atomic mass is 9.86. The van der Waals surface area contributed by atoms with E-state index in [4.69, 9.17) is 4.74 Å². The van der Waals surface area contributed by atoms with E-state index in [2.05, 4.69) is 11.9 Å². The van der Waals surface area contributed by atoms with Crippen LogP contribution in [-0.4, -0.2) is 35.9 Å². The molecule has 2 amide bonds. The Bertz CT molecular complexity index is 698. The van der Waals surface area contributed by atoms with E-state index in [1.165, 1.54) is 23.1 Å². The van der Waals surface area contributed by atoms with Crippen molar-refractivity contribution < 1.29 is 18.7 Å². The molecule has 2 aliphatic rings. The Balaban J connectivity index is 1.79. The number of halogens is 1. The highest BCUT2D eigenvalue weighted by Gasteiger charge is 2.43. The zero-order valence-electron chi connectivity index (χ0n) is 14.4. The predicted molar refractivity (Wildman–Crippen MR) is 91.6 cm³/mol. The third kappa shape index (κ3) is 3.67. The summed E-state index contributed by atoms with van der Waals surface area (Å²) in [6, 6.07) is 4.11. The monoisotopic (exact) mass is 346 g/mol. The van der Waals surface area contributed by atoms with Crippen LogP contribution in [-0.2, 0) is 9.59 Å². The quantitative estimate of drug-likeness (QED) is 0.853. The normalized spacial score (nSPS) is 20.5. The second-order valence-corrected chi connectivity index (χ2v) is 6.90. The molecule has 1 heterocycles. The van der Waals surface area contributed by atoms with Gasteiger partial charge in [0.25, 0.3) is 0 Å². The van der Waals surface area contributed by atoms with Gasteiger partial charge in [-0.25, -0.2) is 4.39 Å². The molecule has 0 bridgehead atoms. The fourth-order valence-electron chi connectivity index (χ4n) is 3.78. The number of fused-ring (bicyclic) bond motifs is 1. The van der Waals surface area contributed by atoms with Gasteiger partial charge in [0, 0.05) is 19.0 Å². The number of carbonyl (C=O) groups is 2. The van der Waals surface area contributed by atoms with Crippen LogP contribution in [0.2, 0.25) is 0 Å². The first-order valence-electron chi connectivity index (χ1n) is 8.58. The van der Waals surface area contributed by atoms with E-state index < -0.39 is 0 Å². The molecule has 1 aliphatic heterocycles. The minimum atomic E-state index is -0.358. The van der Waals surface area contributed by atoms with Gasteiger partial charge in [0.2, 0.25) is 11.8 Å². The number of ether oxygens (including phenoxy) is 1. The molecule has 1 saturated carbocycles. The topological polar surface area (TPSA) is 58.6 Å². The van der Waals surface area contributed by atoms with Crippen LogP contribution in [0, 0.1) is 5.82 Å². The van der Waals surface area contributed by atoms with Crippen LogP contribution in [0.5, 0.6) is 5.75 Å². The molecule has 0 aromatic heterocycles. The zero-order valence-corrected chi connectivity index (χ0v) is 14.4. The molecule has 1 fully saturated rings. The van der Waals surface area contributed by atoms with Crippen LogP contribution in [0.4, 0.5) is 4.39 Å². The molecule has 1 aromatic carbocycles. The summed E-state index contributed by atoms with van der Waals surface area (Å²) in [6.45, 7) is 3.34. The summed E-state index contributed by atoms with van der Waals surface area (Å²) in [6.07, 6.45) is 5.84. The Kier molecular flexibility index (Phi) is 4.79. The van der Waals surface area contributed by atoms with Crippen molar-refractivity contribution in [1.82, 2.24) is 10.2 Å². The third-order valence-electron chi connectivity index (χ3n) is 5.03. The fraction of sp³-hybridized carbons (Fsp3) is 0.474. The summed E-state index contributed by atoms with van der Waals surface area (Å²) in [4.78, 5) is 25.2. The number of amides is 2. The molecule has 1 N–H and O–H groups in total. The maximum absolute atomic E-state index is 13.7. The Morgan fingerprint density at radius 3 is 2.84 bits per heavy atom. The Hall–Kier alpha value is -2.37. The van der Waals surface area contributed by atoms with Crippen LogP contribution in [0.25, 0.3) is 0 Å². The van der Waals surface area contributed by atoms with Crippen LogP contribution >= 0.6 is 0 Å². The van der Waals surface area contributed by atoms with E-state index in [-0.39, 0.29) is 35.8 Å². The molecule has 1 aromatic rings. The van der Waals surface area contributed by atoms with Gasteiger partial charge in [-0.2, -0.15) is 0 Å². The molecular formula is C19H23FN2O3. The standard InChI is InChI=1S/C19H23FN2O3/c1-3-18(24)22(2)12-17(23)21-15-11-19(8-4-5-9-19)25-16-7-6-13(20)10-14(15)16/h3,6-7,10,15H,1,4-5,8-9,11-12H2,2H3,(H,21,23)/t15-/m1/s1. The summed E-state index contributed by atoms with van der Waals surface area (Å²) in [7, 11) is 1.54. The summed E-state index contributed by atoms with van der Waals surface area (Å²) >= 11 is 0. The molecule has 3 rings (SSSR count). The minimum absolute atomic E-state index is 0.0696. The highest BCUT2D eigenvalue weighted by atomic mass is 19.1. The minimum Gasteiger partial charge on any atom is -0.487 e. The van der Waals surface area contributed by atoms with Crippen molar-refractivity contribution in [2.75, 3.05) is 13.6 Å². The maximum atomic E-state index is 13.7. The van der Waals surface area contributed by atoms with Gasteiger partial charge in [0.1, 0.15) is 17.2 Å². The van der Waals surface area contributed by atoms with Crippen molar-refractivity contribution >= 4 is 11.8 Å². The summed E-state index contributed by atoms with van der Waals surface area (Å²) < 4.78 is 19.9. The predicted octanol–water partition coefficient (Wildman–Crippen LogP) is 2.72. The smallest absolute Gasteiger partial charge is 0.246 e. The Morgan fingerprint density at radius 2 is 2.16 bits per heavy atom. The van der Waals surface area contributed by atoms with Crippen molar-refractivity contribution in [3.05, 3.63) is 42.2 Å². The van der Waals surface area contributed by atoms with Crippen LogP contribution in [0.15, 0.2) is 30.9 Å². The van der Waals surface area contributed by atoms with Crippen molar-refractivity contribution in [3.8, 4) is 5.75 Å².